The van der Waals surface area contributed by atoms with Crippen molar-refractivity contribution in [2.45, 2.75) is 46.2 Å². The molecule has 1 amide bonds. The molecule has 0 saturated heterocycles. The number of carbonyl (C=O) groups excluding carboxylic acids is 1. The summed E-state index contributed by atoms with van der Waals surface area (Å²) in [5.74, 6) is -0.0940. The van der Waals surface area contributed by atoms with Crippen molar-refractivity contribution in [3.05, 3.63) is 51.8 Å². The molecule has 0 fully saturated rings. The lowest BCUT2D eigenvalue weighted by molar-refractivity contribution is 0.0934. The van der Waals surface area contributed by atoms with Crippen molar-refractivity contribution >= 4 is 5.91 Å². The summed E-state index contributed by atoms with van der Waals surface area (Å²) in [5, 5.41) is 13.6. The Morgan fingerprint density at radius 3 is 3.00 bits per heavy atom. The van der Waals surface area contributed by atoms with Crippen LogP contribution in [0.15, 0.2) is 18.2 Å². The molecule has 0 radical (unpaired) electrons. The molecule has 5 nitrogen and oxygen atoms in total. The van der Waals surface area contributed by atoms with Crippen molar-refractivity contribution in [3.8, 4) is 0 Å². The Balaban J connectivity index is 1.66. The summed E-state index contributed by atoms with van der Waals surface area (Å²) in [6.07, 6.45) is 1.72. The molecule has 23 heavy (non-hydrogen) atoms. The van der Waals surface area contributed by atoms with Gasteiger partial charge in [0.25, 0.3) is 5.91 Å². The first-order valence-electron chi connectivity index (χ1n) is 8.18. The molecular weight excluding hydrogens is 288 g/mol. The first kappa shape index (κ1) is 15.7. The molecule has 2 aromatic rings. The highest BCUT2D eigenvalue weighted by atomic mass is 16.2. The number of aromatic amines is 1. The Hall–Kier alpha value is -2.14. The third-order valence-electron chi connectivity index (χ3n) is 4.42. The highest BCUT2D eigenvalue weighted by Gasteiger charge is 2.22. The molecular formula is C18H24N4O. The largest absolute Gasteiger partial charge is 0.348 e. The highest BCUT2D eigenvalue weighted by molar-refractivity contribution is 5.94. The molecule has 0 aliphatic carbocycles. The van der Waals surface area contributed by atoms with Gasteiger partial charge in [-0.2, -0.15) is 5.10 Å². The van der Waals surface area contributed by atoms with Crippen molar-refractivity contribution in [3.63, 3.8) is 0 Å². The van der Waals surface area contributed by atoms with Crippen LogP contribution in [-0.4, -0.2) is 28.7 Å². The van der Waals surface area contributed by atoms with Gasteiger partial charge < -0.3 is 10.6 Å². The number of carbonyl (C=O) groups is 1. The maximum atomic E-state index is 12.5. The lowest BCUT2D eigenvalue weighted by Gasteiger charge is -2.17. The Kier molecular flexibility index (Phi) is 4.48. The summed E-state index contributed by atoms with van der Waals surface area (Å²) in [4.78, 5) is 12.5. The van der Waals surface area contributed by atoms with E-state index in [0.29, 0.717) is 12.2 Å². The second-order valence-corrected chi connectivity index (χ2v) is 6.46. The summed E-state index contributed by atoms with van der Waals surface area (Å²) in [7, 11) is 0. The van der Waals surface area contributed by atoms with Crippen molar-refractivity contribution in [2.75, 3.05) is 6.54 Å². The number of hydrogen-bond donors (Lipinski definition) is 3. The molecule has 5 heteroatoms. The standard InChI is InChI=1S/C18H24N4O/c1-11-4-5-14(12(2)8-11)9-13(3)20-18(23)17-15-10-19-7-6-16(15)21-22-17/h4-5,8,13,19H,6-7,9-10H2,1-3H3,(H,20,23)(H,21,22). The summed E-state index contributed by atoms with van der Waals surface area (Å²) >= 11 is 0. The van der Waals surface area contributed by atoms with E-state index < -0.39 is 0 Å². The average Bonchev–Trinajstić information content (AvgIpc) is 2.94. The number of nitrogens with one attached hydrogen (secondary N) is 3. The first-order valence-corrected chi connectivity index (χ1v) is 8.18. The van der Waals surface area contributed by atoms with E-state index >= 15 is 0 Å². The van der Waals surface area contributed by atoms with Crippen LogP contribution < -0.4 is 10.6 Å². The Bertz CT molecular complexity index is 720. The number of nitrogens with zero attached hydrogens (tertiary/aromatic N) is 1. The quantitative estimate of drug-likeness (QED) is 0.809. The molecule has 1 aromatic carbocycles. The van der Waals surface area contributed by atoms with Gasteiger partial charge >= 0.3 is 0 Å². The predicted molar refractivity (Wildman–Crippen MR) is 90.5 cm³/mol. The minimum absolute atomic E-state index is 0.0628. The van der Waals surface area contributed by atoms with Crippen LogP contribution in [0.25, 0.3) is 0 Å². The lowest BCUT2D eigenvalue weighted by atomic mass is 9.99. The topological polar surface area (TPSA) is 69.8 Å². The van der Waals surface area contributed by atoms with Gasteiger partial charge in [0.15, 0.2) is 5.69 Å². The molecule has 2 heterocycles. The molecule has 0 saturated carbocycles. The summed E-state index contributed by atoms with van der Waals surface area (Å²) in [5.41, 5.74) is 6.42. The fourth-order valence-electron chi connectivity index (χ4n) is 3.16. The normalized spacial score (nSPS) is 15.1. The van der Waals surface area contributed by atoms with Crippen molar-refractivity contribution < 1.29 is 4.79 Å². The van der Waals surface area contributed by atoms with E-state index in [4.69, 9.17) is 0 Å². The average molecular weight is 312 g/mol. The molecule has 0 spiro atoms. The van der Waals surface area contributed by atoms with Gasteiger partial charge in [0.05, 0.1) is 0 Å². The van der Waals surface area contributed by atoms with Crippen LogP contribution in [0.3, 0.4) is 0 Å². The van der Waals surface area contributed by atoms with Crippen LogP contribution in [0.1, 0.15) is 45.4 Å². The summed E-state index contributed by atoms with van der Waals surface area (Å²) in [6, 6.07) is 6.51. The first-order chi connectivity index (χ1) is 11.0. The van der Waals surface area contributed by atoms with Gasteiger partial charge in [-0.1, -0.05) is 23.8 Å². The van der Waals surface area contributed by atoms with E-state index in [-0.39, 0.29) is 11.9 Å². The van der Waals surface area contributed by atoms with Crippen molar-refractivity contribution in [1.82, 2.24) is 20.8 Å². The second-order valence-electron chi connectivity index (χ2n) is 6.46. The van der Waals surface area contributed by atoms with E-state index in [1.807, 2.05) is 6.92 Å². The molecule has 1 aliphatic rings. The molecule has 1 aromatic heterocycles. The number of H-pyrrole nitrogens is 1. The third-order valence-corrected chi connectivity index (χ3v) is 4.42. The van der Waals surface area contributed by atoms with Crippen LogP contribution in [0.5, 0.6) is 0 Å². The van der Waals surface area contributed by atoms with Crippen LogP contribution in [0, 0.1) is 13.8 Å². The molecule has 122 valence electrons. The van der Waals surface area contributed by atoms with Gasteiger partial charge in [-0.15, -0.1) is 0 Å². The Morgan fingerprint density at radius 2 is 2.22 bits per heavy atom. The third kappa shape index (κ3) is 3.45. The highest BCUT2D eigenvalue weighted by Crippen LogP contribution is 2.16. The fraction of sp³-hybridized carbons (Fsp3) is 0.444. The molecule has 3 N–H and O–H groups in total. The number of aromatic nitrogens is 2. The second kappa shape index (κ2) is 6.54. The van der Waals surface area contributed by atoms with Crippen molar-refractivity contribution in [2.24, 2.45) is 0 Å². The minimum Gasteiger partial charge on any atom is -0.348 e. The monoisotopic (exact) mass is 312 g/mol. The smallest absolute Gasteiger partial charge is 0.272 e. The van der Waals surface area contributed by atoms with Crippen LogP contribution >= 0.6 is 0 Å². The molecule has 1 unspecified atom stereocenters. The maximum absolute atomic E-state index is 12.5. The lowest BCUT2D eigenvalue weighted by Crippen LogP contribution is -2.35. The van der Waals surface area contributed by atoms with Gasteiger partial charge in [0.1, 0.15) is 0 Å². The van der Waals surface area contributed by atoms with E-state index in [1.54, 1.807) is 0 Å². The fourth-order valence-corrected chi connectivity index (χ4v) is 3.16. The number of fused-ring (bicyclic) bond motifs is 1. The zero-order valence-electron chi connectivity index (χ0n) is 14.0. The van der Waals surface area contributed by atoms with E-state index in [2.05, 4.69) is 52.9 Å². The zero-order valence-corrected chi connectivity index (χ0v) is 14.0. The number of benzene rings is 1. The van der Waals surface area contributed by atoms with Gasteiger partial charge in [-0.3, -0.25) is 9.89 Å². The minimum atomic E-state index is -0.0940. The Labute approximate surface area is 136 Å². The molecule has 3 rings (SSSR count). The maximum Gasteiger partial charge on any atom is 0.272 e. The van der Waals surface area contributed by atoms with Gasteiger partial charge in [-0.25, -0.2) is 0 Å². The van der Waals surface area contributed by atoms with Gasteiger partial charge in [0.2, 0.25) is 0 Å². The van der Waals surface area contributed by atoms with E-state index in [0.717, 1.165) is 30.6 Å². The molecule has 1 aliphatic heterocycles. The van der Waals surface area contributed by atoms with Crippen LogP contribution in [-0.2, 0) is 19.4 Å². The number of rotatable bonds is 4. The predicted octanol–water partition coefficient (Wildman–Crippen LogP) is 2.03. The SMILES string of the molecule is Cc1ccc(CC(C)NC(=O)c2n[nH]c3c2CNCC3)c(C)c1. The summed E-state index contributed by atoms with van der Waals surface area (Å²) < 4.78 is 0. The van der Waals surface area contributed by atoms with Crippen LogP contribution in [0.2, 0.25) is 0 Å². The molecule has 1 atom stereocenters. The van der Waals surface area contributed by atoms with E-state index in [9.17, 15) is 4.79 Å². The molecule has 0 bridgehead atoms. The Morgan fingerprint density at radius 1 is 1.39 bits per heavy atom. The van der Waals surface area contributed by atoms with E-state index in [1.165, 1.54) is 16.7 Å². The van der Waals surface area contributed by atoms with Crippen molar-refractivity contribution in [1.29, 1.82) is 0 Å². The number of aryl methyl sites for hydroxylation is 2. The number of hydrogen-bond acceptors (Lipinski definition) is 3. The van der Waals surface area contributed by atoms with Gasteiger partial charge in [0, 0.05) is 36.8 Å². The van der Waals surface area contributed by atoms with Gasteiger partial charge in [-0.05, 0) is 38.3 Å². The summed E-state index contributed by atoms with van der Waals surface area (Å²) in [6.45, 7) is 7.89. The zero-order chi connectivity index (χ0) is 16.4. The number of amides is 1. The van der Waals surface area contributed by atoms with Crippen LogP contribution in [0.4, 0.5) is 0 Å².